The van der Waals surface area contributed by atoms with Crippen molar-refractivity contribution < 1.29 is 0 Å². The minimum absolute atomic E-state index is 0.179. The minimum atomic E-state index is 0.179. The van der Waals surface area contributed by atoms with E-state index >= 15 is 0 Å². The van der Waals surface area contributed by atoms with Crippen molar-refractivity contribution in [1.82, 2.24) is 9.55 Å². The van der Waals surface area contributed by atoms with Gasteiger partial charge in [-0.1, -0.05) is 36.4 Å². The zero-order valence-corrected chi connectivity index (χ0v) is 7.88. The second-order valence-electron chi connectivity index (χ2n) is 3.10. The Bertz CT molecular complexity index is 390. The molecule has 0 amide bonds. The SMILES string of the molecule is C=C[C@H](c1ccccc1)n1ccnc1. The summed E-state index contributed by atoms with van der Waals surface area (Å²) in [5.74, 6) is 0. The molecule has 1 aromatic heterocycles. The van der Waals surface area contributed by atoms with Gasteiger partial charge in [-0.2, -0.15) is 0 Å². The van der Waals surface area contributed by atoms with E-state index in [0.29, 0.717) is 0 Å². The molecule has 0 saturated heterocycles. The summed E-state index contributed by atoms with van der Waals surface area (Å²) < 4.78 is 2.03. The summed E-state index contributed by atoms with van der Waals surface area (Å²) in [6, 6.07) is 10.4. The average molecular weight is 184 g/mol. The van der Waals surface area contributed by atoms with E-state index in [0.717, 1.165) is 0 Å². The Kier molecular flexibility index (Phi) is 2.45. The quantitative estimate of drug-likeness (QED) is 0.670. The monoisotopic (exact) mass is 184 g/mol. The summed E-state index contributed by atoms with van der Waals surface area (Å²) in [5.41, 5.74) is 1.22. The lowest BCUT2D eigenvalue weighted by atomic mass is 10.1. The average Bonchev–Trinajstić information content (AvgIpc) is 2.74. The first-order chi connectivity index (χ1) is 6.92. The van der Waals surface area contributed by atoms with Crippen LogP contribution in [0.4, 0.5) is 0 Å². The highest BCUT2D eigenvalue weighted by Gasteiger charge is 2.06. The van der Waals surface area contributed by atoms with Gasteiger partial charge < -0.3 is 4.57 Å². The van der Waals surface area contributed by atoms with E-state index in [2.05, 4.69) is 23.7 Å². The van der Waals surface area contributed by atoms with Gasteiger partial charge in [0.25, 0.3) is 0 Å². The predicted octanol–water partition coefficient (Wildman–Crippen LogP) is 2.66. The maximum Gasteiger partial charge on any atom is 0.0954 e. The van der Waals surface area contributed by atoms with Gasteiger partial charge in [0.15, 0.2) is 0 Å². The molecule has 0 fully saturated rings. The van der Waals surface area contributed by atoms with E-state index in [-0.39, 0.29) is 6.04 Å². The highest BCUT2D eigenvalue weighted by atomic mass is 15.0. The van der Waals surface area contributed by atoms with Crippen molar-refractivity contribution in [2.75, 3.05) is 0 Å². The third-order valence-corrected chi connectivity index (χ3v) is 2.21. The van der Waals surface area contributed by atoms with Crippen molar-refractivity contribution in [3.63, 3.8) is 0 Å². The van der Waals surface area contributed by atoms with Crippen LogP contribution in [0, 0.1) is 0 Å². The fourth-order valence-corrected chi connectivity index (χ4v) is 1.51. The number of benzene rings is 1. The number of allylic oxidation sites excluding steroid dienone is 1. The minimum Gasteiger partial charge on any atom is -0.326 e. The lowest BCUT2D eigenvalue weighted by Crippen LogP contribution is -2.04. The molecular weight excluding hydrogens is 172 g/mol. The summed E-state index contributed by atoms with van der Waals surface area (Å²) in [5, 5.41) is 0. The van der Waals surface area contributed by atoms with Crippen LogP contribution in [0.1, 0.15) is 11.6 Å². The molecule has 2 aromatic rings. The van der Waals surface area contributed by atoms with Crippen LogP contribution < -0.4 is 0 Å². The summed E-state index contributed by atoms with van der Waals surface area (Å²) in [6.45, 7) is 3.84. The zero-order chi connectivity index (χ0) is 9.80. The summed E-state index contributed by atoms with van der Waals surface area (Å²) in [6.07, 6.45) is 7.44. The van der Waals surface area contributed by atoms with Crippen molar-refractivity contribution in [1.29, 1.82) is 0 Å². The molecule has 70 valence electrons. The van der Waals surface area contributed by atoms with Crippen molar-refractivity contribution in [2.24, 2.45) is 0 Å². The number of hydrogen-bond donors (Lipinski definition) is 0. The summed E-state index contributed by atoms with van der Waals surface area (Å²) in [4.78, 5) is 4.03. The Morgan fingerprint density at radius 3 is 2.64 bits per heavy atom. The smallest absolute Gasteiger partial charge is 0.0954 e. The van der Waals surface area contributed by atoms with Gasteiger partial charge in [-0.25, -0.2) is 4.98 Å². The Balaban J connectivity index is 2.36. The van der Waals surface area contributed by atoms with Crippen LogP contribution in [0.5, 0.6) is 0 Å². The molecule has 0 aliphatic rings. The normalized spacial score (nSPS) is 12.3. The molecule has 1 atom stereocenters. The topological polar surface area (TPSA) is 17.8 Å². The van der Waals surface area contributed by atoms with Gasteiger partial charge in [0.05, 0.1) is 12.4 Å². The molecule has 2 rings (SSSR count). The van der Waals surface area contributed by atoms with E-state index in [4.69, 9.17) is 0 Å². The van der Waals surface area contributed by atoms with Gasteiger partial charge in [0, 0.05) is 12.4 Å². The standard InChI is InChI=1S/C12H12N2/c1-2-12(14-9-8-13-10-14)11-6-4-3-5-7-11/h2-10,12H,1H2/t12-/m1/s1. The predicted molar refractivity (Wildman–Crippen MR) is 57.0 cm³/mol. The van der Waals surface area contributed by atoms with Crippen LogP contribution in [0.2, 0.25) is 0 Å². The molecule has 0 bridgehead atoms. The van der Waals surface area contributed by atoms with Gasteiger partial charge in [-0.3, -0.25) is 0 Å². The van der Waals surface area contributed by atoms with Gasteiger partial charge in [-0.05, 0) is 5.56 Å². The Hall–Kier alpha value is -1.83. The molecular formula is C12H12N2. The van der Waals surface area contributed by atoms with Crippen LogP contribution in [-0.2, 0) is 0 Å². The van der Waals surface area contributed by atoms with Crippen molar-refractivity contribution >= 4 is 0 Å². The van der Waals surface area contributed by atoms with Crippen LogP contribution in [0.25, 0.3) is 0 Å². The Labute approximate surface area is 83.5 Å². The van der Waals surface area contributed by atoms with Gasteiger partial charge in [0.2, 0.25) is 0 Å². The molecule has 0 spiro atoms. The molecule has 2 nitrogen and oxygen atoms in total. The first-order valence-corrected chi connectivity index (χ1v) is 4.57. The highest BCUT2D eigenvalue weighted by molar-refractivity contribution is 5.23. The number of rotatable bonds is 3. The van der Waals surface area contributed by atoms with Crippen LogP contribution >= 0.6 is 0 Å². The zero-order valence-electron chi connectivity index (χ0n) is 7.88. The second kappa shape index (κ2) is 3.92. The first-order valence-electron chi connectivity index (χ1n) is 4.57. The molecule has 14 heavy (non-hydrogen) atoms. The largest absolute Gasteiger partial charge is 0.326 e. The molecule has 0 saturated carbocycles. The third kappa shape index (κ3) is 1.59. The van der Waals surface area contributed by atoms with Crippen LogP contribution in [0.15, 0.2) is 61.7 Å². The van der Waals surface area contributed by atoms with E-state index in [9.17, 15) is 0 Å². The third-order valence-electron chi connectivity index (χ3n) is 2.21. The van der Waals surface area contributed by atoms with E-state index in [1.165, 1.54) is 5.56 Å². The fraction of sp³-hybridized carbons (Fsp3) is 0.0833. The lowest BCUT2D eigenvalue weighted by molar-refractivity contribution is 0.700. The number of hydrogen-bond acceptors (Lipinski definition) is 1. The van der Waals surface area contributed by atoms with Gasteiger partial charge in [-0.15, -0.1) is 6.58 Å². The van der Waals surface area contributed by atoms with Crippen LogP contribution in [0.3, 0.4) is 0 Å². The molecule has 1 aromatic carbocycles. The molecule has 0 aliphatic carbocycles. The molecule has 0 N–H and O–H groups in total. The molecule has 0 unspecified atom stereocenters. The van der Waals surface area contributed by atoms with Gasteiger partial charge >= 0.3 is 0 Å². The van der Waals surface area contributed by atoms with E-state index in [1.54, 1.807) is 12.5 Å². The Morgan fingerprint density at radius 1 is 1.29 bits per heavy atom. The van der Waals surface area contributed by atoms with E-state index < -0.39 is 0 Å². The maximum atomic E-state index is 4.03. The molecule has 2 heteroatoms. The summed E-state index contributed by atoms with van der Waals surface area (Å²) >= 11 is 0. The maximum absolute atomic E-state index is 4.03. The van der Waals surface area contributed by atoms with Crippen molar-refractivity contribution in [2.45, 2.75) is 6.04 Å². The molecule has 0 radical (unpaired) electrons. The van der Waals surface area contributed by atoms with Crippen molar-refractivity contribution in [3.8, 4) is 0 Å². The lowest BCUT2D eigenvalue weighted by Gasteiger charge is -2.13. The highest BCUT2D eigenvalue weighted by Crippen LogP contribution is 2.18. The second-order valence-corrected chi connectivity index (χ2v) is 3.10. The summed E-state index contributed by atoms with van der Waals surface area (Å²) in [7, 11) is 0. The number of aromatic nitrogens is 2. The molecule has 1 heterocycles. The number of nitrogens with zero attached hydrogens (tertiary/aromatic N) is 2. The van der Waals surface area contributed by atoms with Crippen molar-refractivity contribution in [3.05, 3.63) is 67.3 Å². The number of imidazole rings is 1. The van der Waals surface area contributed by atoms with Gasteiger partial charge in [0.1, 0.15) is 0 Å². The first kappa shape index (κ1) is 8.75. The Morgan fingerprint density at radius 2 is 2.07 bits per heavy atom. The molecule has 0 aliphatic heterocycles. The van der Waals surface area contributed by atoms with Crippen LogP contribution in [-0.4, -0.2) is 9.55 Å². The fourth-order valence-electron chi connectivity index (χ4n) is 1.51. The van der Waals surface area contributed by atoms with E-state index in [1.807, 2.05) is 35.0 Å².